The van der Waals surface area contributed by atoms with Crippen molar-refractivity contribution in [2.24, 2.45) is 12.8 Å². The van der Waals surface area contributed by atoms with Crippen LogP contribution in [-0.4, -0.2) is 33.8 Å². The van der Waals surface area contributed by atoms with E-state index in [1.54, 1.807) is 0 Å². The number of likely N-dealkylation sites (tertiary alicyclic amines) is 1. The predicted octanol–water partition coefficient (Wildman–Crippen LogP) is -0.0469. The van der Waals surface area contributed by atoms with Gasteiger partial charge in [-0.15, -0.1) is 0 Å². The Balaban J connectivity index is 1.91. The van der Waals surface area contributed by atoms with Crippen molar-refractivity contribution in [3.8, 4) is 0 Å². The second kappa shape index (κ2) is 3.47. The van der Waals surface area contributed by atoms with E-state index in [-0.39, 0.29) is 0 Å². The van der Waals surface area contributed by atoms with Crippen LogP contribution in [-0.2, 0) is 13.6 Å². The number of hydrogen-bond donors (Lipinski definition) is 1. The molecule has 2 N–H and O–H groups in total. The van der Waals surface area contributed by atoms with E-state index in [9.17, 15) is 0 Å². The molecule has 0 saturated carbocycles. The summed E-state index contributed by atoms with van der Waals surface area (Å²) in [6.45, 7) is 2.88. The molecular formula is C9H16N4. The van der Waals surface area contributed by atoms with Crippen LogP contribution in [0.2, 0.25) is 0 Å². The third kappa shape index (κ3) is 1.73. The molecule has 1 aliphatic rings. The van der Waals surface area contributed by atoms with Gasteiger partial charge in [0.05, 0.1) is 5.69 Å². The first-order chi connectivity index (χ1) is 6.29. The molecular weight excluding hydrogens is 164 g/mol. The molecule has 2 heterocycles. The maximum Gasteiger partial charge on any atom is 0.0764 e. The lowest BCUT2D eigenvalue weighted by Crippen LogP contribution is -2.50. The van der Waals surface area contributed by atoms with Crippen molar-refractivity contribution >= 4 is 0 Å². The second-order valence-corrected chi connectivity index (χ2v) is 3.63. The average molecular weight is 180 g/mol. The number of nitrogens with two attached hydrogens (primary N) is 1. The lowest BCUT2D eigenvalue weighted by molar-refractivity contribution is 0.0865. The van der Waals surface area contributed by atoms with Gasteiger partial charge in [-0.25, -0.2) is 0 Å². The molecule has 1 unspecified atom stereocenters. The Labute approximate surface area is 78.3 Å². The van der Waals surface area contributed by atoms with Gasteiger partial charge >= 0.3 is 0 Å². The van der Waals surface area contributed by atoms with Gasteiger partial charge in [0.1, 0.15) is 0 Å². The Morgan fingerprint density at radius 1 is 1.69 bits per heavy atom. The predicted molar refractivity (Wildman–Crippen MR) is 51.1 cm³/mol. The average Bonchev–Trinajstić information content (AvgIpc) is 2.46. The van der Waals surface area contributed by atoms with Crippen LogP contribution in [0.25, 0.3) is 0 Å². The minimum atomic E-state index is 0.585. The van der Waals surface area contributed by atoms with Crippen molar-refractivity contribution in [1.82, 2.24) is 14.7 Å². The van der Waals surface area contributed by atoms with E-state index in [4.69, 9.17) is 5.73 Å². The van der Waals surface area contributed by atoms with Gasteiger partial charge < -0.3 is 5.73 Å². The molecule has 13 heavy (non-hydrogen) atoms. The van der Waals surface area contributed by atoms with Crippen molar-refractivity contribution in [2.45, 2.75) is 19.0 Å². The van der Waals surface area contributed by atoms with Crippen LogP contribution in [0.15, 0.2) is 12.3 Å². The minimum Gasteiger partial charge on any atom is -0.329 e. The number of rotatable bonds is 3. The summed E-state index contributed by atoms with van der Waals surface area (Å²) in [6.07, 6.45) is 3.22. The lowest BCUT2D eigenvalue weighted by Gasteiger charge is -2.39. The highest BCUT2D eigenvalue weighted by molar-refractivity contribution is 5.00. The maximum absolute atomic E-state index is 5.62. The summed E-state index contributed by atoms with van der Waals surface area (Å²) in [5.74, 6) is 0. The first-order valence-corrected chi connectivity index (χ1v) is 4.72. The van der Waals surface area contributed by atoms with E-state index in [2.05, 4.69) is 16.1 Å². The fourth-order valence-corrected chi connectivity index (χ4v) is 1.72. The molecule has 1 aliphatic heterocycles. The highest BCUT2D eigenvalue weighted by Gasteiger charge is 2.26. The first-order valence-electron chi connectivity index (χ1n) is 4.72. The molecule has 0 aliphatic carbocycles. The molecule has 0 spiro atoms. The van der Waals surface area contributed by atoms with Crippen molar-refractivity contribution in [3.63, 3.8) is 0 Å². The molecule has 0 amide bonds. The second-order valence-electron chi connectivity index (χ2n) is 3.63. The molecule has 1 saturated heterocycles. The van der Waals surface area contributed by atoms with Crippen LogP contribution in [0.1, 0.15) is 12.1 Å². The van der Waals surface area contributed by atoms with E-state index in [0.717, 1.165) is 18.8 Å². The van der Waals surface area contributed by atoms with Crippen molar-refractivity contribution in [2.75, 3.05) is 13.1 Å². The summed E-state index contributed by atoms with van der Waals surface area (Å²) in [7, 11) is 1.94. The van der Waals surface area contributed by atoms with E-state index in [0.29, 0.717) is 6.04 Å². The summed E-state index contributed by atoms with van der Waals surface area (Å²) in [5.41, 5.74) is 6.76. The van der Waals surface area contributed by atoms with Gasteiger partial charge in [-0.05, 0) is 12.5 Å². The number of aromatic nitrogens is 2. The highest BCUT2D eigenvalue weighted by Crippen LogP contribution is 2.18. The molecule has 4 heteroatoms. The molecule has 0 aromatic carbocycles. The fourth-order valence-electron chi connectivity index (χ4n) is 1.72. The van der Waals surface area contributed by atoms with E-state index < -0.39 is 0 Å². The fraction of sp³-hybridized carbons (Fsp3) is 0.667. The van der Waals surface area contributed by atoms with Crippen molar-refractivity contribution in [1.29, 1.82) is 0 Å². The quantitative estimate of drug-likeness (QED) is 0.709. The molecule has 1 aromatic heterocycles. The summed E-state index contributed by atoms with van der Waals surface area (Å²) in [4.78, 5) is 2.38. The Morgan fingerprint density at radius 3 is 3.00 bits per heavy atom. The molecule has 0 bridgehead atoms. The van der Waals surface area contributed by atoms with Crippen LogP contribution in [0.3, 0.4) is 0 Å². The van der Waals surface area contributed by atoms with Crippen LogP contribution >= 0.6 is 0 Å². The van der Waals surface area contributed by atoms with Crippen LogP contribution < -0.4 is 5.73 Å². The molecule has 1 atom stereocenters. The molecule has 1 fully saturated rings. The molecule has 1 aromatic rings. The summed E-state index contributed by atoms with van der Waals surface area (Å²) < 4.78 is 1.84. The van der Waals surface area contributed by atoms with Gasteiger partial charge in [-0.2, -0.15) is 5.10 Å². The van der Waals surface area contributed by atoms with E-state index >= 15 is 0 Å². The zero-order valence-electron chi connectivity index (χ0n) is 7.98. The standard InChI is InChI=1S/C9H16N4/c1-12-4-2-8(11-12)7-13-5-3-9(13)6-10/h2,4,9H,3,5-7,10H2,1H3. The molecule has 72 valence electrons. The zero-order valence-corrected chi connectivity index (χ0v) is 7.98. The summed E-state index contributed by atoms with van der Waals surface area (Å²) in [5, 5.41) is 4.34. The monoisotopic (exact) mass is 180 g/mol. The Hall–Kier alpha value is -0.870. The van der Waals surface area contributed by atoms with Crippen LogP contribution in [0, 0.1) is 0 Å². The lowest BCUT2D eigenvalue weighted by atomic mass is 10.0. The number of aryl methyl sites for hydroxylation is 1. The van der Waals surface area contributed by atoms with E-state index in [1.807, 2.05) is 17.9 Å². The van der Waals surface area contributed by atoms with Gasteiger partial charge in [0.15, 0.2) is 0 Å². The summed E-state index contributed by atoms with van der Waals surface area (Å²) in [6, 6.07) is 2.65. The first kappa shape index (κ1) is 8.72. The highest BCUT2D eigenvalue weighted by atomic mass is 15.3. The van der Waals surface area contributed by atoms with Crippen LogP contribution in [0.4, 0.5) is 0 Å². The smallest absolute Gasteiger partial charge is 0.0764 e. The topological polar surface area (TPSA) is 47.1 Å². The normalized spacial score (nSPS) is 23.1. The van der Waals surface area contributed by atoms with Gasteiger partial charge in [0.25, 0.3) is 0 Å². The van der Waals surface area contributed by atoms with Gasteiger partial charge in [0, 0.05) is 38.9 Å². The third-order valence-electron chi connectivity index (χ3n) is 2.67. The Morgan fingerprint density at radius 2 is 2.54 bits per heavy atom. The van der Waals surface area contributed by atoms with Gasteiger partial charge in [-0.3, -0.25) is 9.58 Å². The summed E-state index contributed by atoms with van der Waals surface area (Å²) >= 11 is 0. The van der Waals surface area contributed by atoms with Gasteiger partial charge in [-0.1, -0.05) is 0 Å². The van der Waals surface area contributed by atoms with Crippen LogP contribution in [0.5, 0.6) is 0 Å². The molecule has 0 radical (unpaired) electrons. The number of hydrogen-bond acceptors (Lipinski definition) is 3. The van der Waals surface area contributed by atoms with E-state index in [1.165, 1.54) is 13.0 Å². The SMILES string of the molecule is Cn1ccc(CN2CCC2CN)n1. The third-order valence-corrected chi connectivity index (χ3v) is 2.67. The minimum absolute atomic E-state index is 0.585. The largest absolute Gasteiger partial charge is 0.329 e. The molecule has 4 nitrogen and oxygen atoms in total. The van der Waals surface area contributed by atoms with Crippen molar-refractivity contribution in [3.05, 3.63) is 18.0 Å². The van der Waals surface area contributed by atoms with Gasteiger partial charge in [0.2, 0.25) is 0 Å². The zero-order chi connectivity index (χ0) is 9.26. The Bertz CT molecular complexity index is 279. The maximum atomic E-state index is 5.62. The molecule has 2 rings (SSSR count). The van der Waals surface area contributed by atoms with Crippen molar-refractivity contribution < 1.29 is 0 Å². The Kier molecular flexibility index (Phi) is 2.33. The number of nitrogens with zero attached hydrogens (tertiary/aromatic N) is 3.